The van der Waals surface area contributed by atoms with Gasteiger partial charge in [0.2, 0.25) is 5.91 Å². The number of methoxy groups -OCH3 is 1. The SMILES string of the molecule is COC(=O)C(CC(C)C)NC(=O)CN1CCC(C)(O)CC1. The maximum atomic E-state index is 12.1. The zero-order valence-corrected chi connectivity index (χ0v) is 13.5. The predicted molar refractivity (Wildman–Crippen MR) is 79.7 cm³/mol. The van der Waals surface area contributed by atoms with Gasteiger partial charge in [-0.2, -0.15) is 0 Å². The van der Waals surface area contributed by atoms with Crippen LogP contribution in [0.4, 0.5) is 0 Å². The zero-order chi connectivity index (χ0) is 16.0. The molecule has 122 valence electrons. The number of nitrogens with one attached hydrogen (secondary N) is 1. The normalized spacial score (nSPS) is 20.1. The summed E-state index contributed by atoms with van der Waals surface area (Å²) in [4.78, 5) is 25.7. The number of hydrogen-bond acceptors (Lipinski definition) is 5. The molecule has 1 saturated heterocycles. The van der Waals surface area contributed by atoms with Crippen molar-refractivity contribution in [1.29, 1.82) is 0 Å². The van der Waals surface area contributed by atoms with Crippen molar-refractivity contribution in [2.75, 3.05) is 26.7 Å². The summed E-state index contributed by atoms with van der Waals surface area (Å²) in [7, 11) is 1.33. The van der Waals surface area contributed by atoms with Gasteiger partial charge in [-0.05, 0) is 32.1 Å². The maximum absolute atomic E-state index is 12.1. The molecular formula is C15H28N2O4. The number of carbonyl (C=O) groups is 2. The fourth-order valence-corrected chi connectivity index (χ4v) is 2.46. The Labute approximate surface area is 126 Å². The molecule has 0 aromatic heterocycles. The first-order valence-corrected chi connectivity index (χ1v) is 7.55. The maximum Gasteiger partial charge on any atom is 0.328 e. The highest BCUT2D eigenvalue weighted by Gasteiger charge is 2.29. The standard InChI is InChI=1S/C15H28N2O4/c1-11(2)9-12(14(19)21-4)16-13(18)10-17-7-5-15(3,20)6-8-17/h11-12,20H,5-10H2,1-4H3,(H,16,18). The number of amides is 1. The molecule has 1 amide bonds. The van der Waals surface area contributed by atoms with Crippen molar-refractivity contribution in [2.24, 2.45) is 5.92 Å². The van der Waals surface area contributed by atoms with Gasteiger partial charge in [0.25, 0.3) is 0 Å². The number of ether oxygens (including phenoxy) is 1. The number of rotatable bonds is 6. The van der Waals surface area contributed by atoms with Crippen LogP contribution < -0.4 is 5.32 Å². The molecule has 6 nitrogen and oxygen atoms in total. The molecule has 1 rings (SSSR count). The topological polar surface area (TPSA) is 78.9 Å². The second kappa shape index (κ2) is 7.75. The van der Waals surface area contributed by atoms with Crippen molar-refractivity contribution < 1.29 is 19.4 Å². The van der Waals surface area contributed by atoms with E-state index in [1.807, 2.05) is 25.7 Å². The molecule has 1 heterocycles. The molecule has 0 aromatic rings. The van der Waals surface area contributed by atoms with Crippen LogP contribution in [-0.2, 0) is 14.3 Å². The number of aliphatic hydroxyl groups is 1. The molecule has 6 heteroatoms. The summed E-state index contributed by atoms with van der Waals surface area (Å²) in [5, 5.41) is 12.6. The van der Waals surface area contributed by atoms with Crippen molar-refractivity contribution in [3.63, 3.8) is 0 Å². The lowest BCUT2D eigenvalue weighted by Crippen LogP contribution is -2.49. The average molecular weight is 300 g/mol. The minimum Gasteiger partial charge on any atom is -0.467 e. The lowest BCUT2D eigenvalue weighted by atomic mass is 9.94. The quantitative estimate of drug-likeness (QED) is 0.700. The third-order valence-electron chi connectivity index (χ3n) is 3.83. The highest BCUT2D eigenvalue weighted by atomic mass is 16.5. The molecule has 21 heavy (non-hydrogen) atoms. The Kier molecular flexibility index (Phi) is 6.61. The summed E-state index contributed by atoms with van der Waals surface area (Å²) in [6.45, 7) is 7.44. The van der Waals surface area contributed by atoms with Gasteiger partial charge in [0, 0.05) is 13.1 Å². The molecule has 1 unspecified atom stereocenters. The second-order valence-corrected chi connectivity index (χ2v) is 6.55. The van der Waals surface area contributed by atoms with Crippen molar-refractivity contribution >= 4 is 11.9 Å². The fourth-order valence-electron chi connectivity index (χ4n) is 2.46. The van der Waals surface area contributed by atoms with E-state index in [0.717, 1.165) is 0 Å². The van der Waals surface area contributed by atoms with Crippen LogP contribution in [0.25, 0.3) is 0 Å². The van der Waals surface area contributed by atoms with Crippen molar-refractivity contribution in [3.05, 3.63) is 0 Å². The lowest BCUT2D eigenvalue weighted by molar-refractivity contribution is -0.145. The Hall–Kier alpha value is -1.14. The molecule has 0 bridgehead atoms. The largest absolute Gasteiger partial charge is 0.467 e. The van der Waals surface area contributed by atoms with Crippen LogP contribution in [0.5, 0.6) is 0 Å². The highest BCUT2D eigenvalue weighted by Crippen LogP contribution is 2.20. The predicted octanol–water partition coefficient (Wildman–Crippen LogP) is 0.537. The Morgan fingerprint density at radius 2 is 1.90 bits per heavy atom. The van der Waals surface area contributed by atoms with E-state index in [9.17, 15) is 14.7 Å². The molecule has 1 aliphatic heterocycles. The van der Waals surface area contributed by atoms with Gasteiger partial charge in [0.05, 0.1) is 19.3 Å². The van der Waals surface area contributed by atoms with E-state index in [-0.39, 0.29) is 12.5 Å². The van der Waals surface area contributed by atoms with Gasteiger partial charge in [0.15, 0.2) is 0 Å². The third kappa shape index (κ3) is 6.44. The van der Waals surface area contributed by atoms with Crippen LogP contribution in [0, 0.1) is 5.92 Å². The number of piperidine rings is 1. The first kappa shape index (κ1) is 17.9. The van der Waals surface area contributed by atoms with Crippen molar-refractivity contribution in [2.45, 2.75) is 51.7 Å². The minimum atomic E-state index is -0.626. The zero-order valence-electron chi connectivity index (χ0n) is 13.5. The van der Waals surface area contributed by atoms with Crippen LogP contribution >= 0.6 is 0 Å². The van der Waals surface area contributed by atoms with Gasteiger partial charge in [-0.3, -0.25) is 9.69 Å². The summed E-state index contributed by atoms with van der Waals surface area (Å²) < 4.78 is 4.73. The number of carbonyl (C=O) groups excluding carboxylic acids is 2. The van der Waals surface area contributed by atoms with Crippen molar-refractivity contribution in [3.8, 4) is 0 Å². The van der Waals surface area contributed by atoms with E-state index >= 15 is 0 Å². The molecule has 0 aromatic carbocycles. The van der Waals surface area contributed by atoms with Crippen LogP contribution in [0.3, 0.4) is 0 Å². The van der Waals surface area contributed by atoms with Gasteiger partial charge in [-0.1, -0.05) is 13.8 Å². The van der Waals surface area contributed by atoms with E-state index in [1.54, 1.807) is 0 Å². The van der Waals surface area contributed by atoms with Gasteiger partial charge < -0.3 is 15.2 Å². The van der Waals surface area contributed by atoms with E-state index in [4.69, 9.17) is 4.74 Å². The average Bonchev–Trinajstić information content (AvgIpc) is 2.39. The Morgan fingerprint density at radius 1 is 1.33 bits per heavy atom. The molecule has 0 aliphatic carbocycles. The summed E-state index contributed by atoms with van der Waals surface area (Å²) >= 11 is 0. The summed E-state index contributed by atoms with van der Waals surface area (Å²) in [6.07, 6.45) is 1.88. The smallest absolute Gasteiger partial charge is 0.328 e. The Morgan fingerprint density at radius 3 is 2.38 bits per heavy atom. The number of likely N-dealkylation sites (tertiary alicyclic amines) is 1. The summed E-state index contributed by atoms with van der Waals surface area (Å²) in [5.74, 6) is -0.286. The Bertz CT molecular complexity index is 359. The van der Waals surface area contributed by atoms with E-state index in [2.05, 4.69) is 5.32 Å². The van der Waals surface area contributed by atoms with Gasteiger partial charge >= 0.3 is 5.97 Å². The van der Waals surface area contributed by atoms with Crippen molar-refractivity contribution in [1.82, 2.24) is 10.2 Å². The fraction of sp³-hybridized carbons (Fsp3) is 0.867. The van der Waals surface area contributed by atoms with Gasteiger partial charge in [-0.15, -0.1) is 0 Å². The molecule has 2 N–H and O–H groups in total. The monoisotopic (exact) mass is 300 g/mol. The first-order valence-electron chi connectivity index (χ1n) is 7.55. The van der Waals surface area contributed by atoms with Crippen LogP contribution in [0.1, 0.15) is 40.0 Å². The number of esters is 1. The van der Waals surface area contributed by atoms with Gasteiger partial charge in [-0.25, -0.2) is 4.79 Å². The van der Waals surface area contributed by atoms with Crippen LogP contribution in [0.15, 0.2) is 0 Å². The van der Waals surface area contributed by atoms with Crippen LogP contribution in [0.2, 0.25) is 0 Å². The minimum absolute atomic E-state index is 0.174. The number of nitrogens with zero attached hydrogens (tertiary/aromatic N) is 1. The van der Waals surface area contributed by atoms with Gasteiger partial charge in [0.1, 0.15) is 6.04 Å². The summed E-state index contributed by atoms with van der Waals surface area (Å²) in [5.41, 5.74) is -0.626. The Balaban J connectivity index is 2.45. The molecule has 1 aliphatic rings. The lowest BCUT2D eigenvalue weighted by Gasteiger charge is -2.35. The molecule has 1 atom stereocenters. The third-order valence-corrected chi connectivity index (χ3v) is 3.83. The first-order chi connectivity index (χ1) is 9.73. The molecular weight excluding hydrogens is 272 g/mol. The molecule has 0 saturated carbocycles. The molecule has 0 spiro atoms. The molecule has 0 radical (unpaired) electrons. The number of hydrogen-bond donors (Lipinski definition) is 2. The highest BCUT2D eigenvalue weighted by molar-refractivity contribution is 5.85. The van der Waals surface area contributed by atoms with Crippen LogP contribution in [-0.4, -0.2) is 60.3 Å². The second-order valence-electron chi connectivity index (χ2n) is 6.55. The van der Waals surface area contributed by atoms with E-state index in [0.29, 0.717) is 38.3 Å². The van der Waals surface area contributed by atoms with E-state index in [1.165, 1.54) is 7.11 Å². The molecule has 1 fully saturated rings. The van der Waals surface area contributed by atoms with E-state index < -0.39 is 17.6 Å². The summed E-state index contributed by atoms with van der Waals surface area (Å²) in [6, 6.07) is -0.588.